The van der Waals surface area contributed by atoms with Gasteiger partial charge in [-0.3, -0.25) is 9.36 Å². The molecule has 26 heavy (non-hydrogen) atoms. The molecule has 0 saturated heterocycles. The molecular weight excluding hydrogens is 326 g/mol. The van der Waals surface area contributed by atoms with Gasteiger partial charge in [0.05, 0.1) is 6.04 Å². The molecule has 132 valence electrons. The fraction of sp³-hybridized carbons (Fsp3) is 0.238. The molecule has 3 rings (SSSR count). The van der Waals surface area contributed by atoms with Gasteiger partial charge in [0.15, 0.2) is 0 Å². The number of rotatable bonds is 5. The fourth-order valence-corrected chi connectivity index (χ4v) is 2.95. The molecule has 0 saturated carbocycles. The van der Waals surface area contributed by atoms with E-state index in [9.17, 15) is 10.1 Å². The summed E-state index contributed by atoms with van der Waals surface area (Å²) in [5, 5.41) is 12.5. The van der Waals surface area contributed by atoms with E-state index >= 15 is 0 Å². The van der Waals surface area contributed by atoms with E-state index in [1.165, 1.54) is 5.56 Å². The van der Waals surface area contributed by atoms with Gasteiger partial charge in [-0.1, -0.05) is 31.2 Å². The number of aromatic nitrogens is 1. The van der Waals surface area contributed by atoms with Crippen molar-refractivity contribution in [3.8, 4) is 12.0 Å². The molecule has 0 bridgehead atoms. The van der Waals surface area contributed by atoms with E-state index in [4.69, 9.17) is 4.42 Å². The maximum atomic E-state index is 12.8. The Labute approximate surface area is 152 Å². The van der Waals surface area contributed by atoms with Crippen LogP contribution in [0.5, 0.6) is 0 Å². The number of carbonyl (C=O) groups is 1. The lowest BCUT2D eigenvalue weighted by molar-refractivity contribution is 0.0938. The van der Waals surface area contributed by atoms with Gasteiger partial charge in [0.1, 0.15) is 23.0 Å². The summed E-state index contributed by atoms with van der Waals surface area (Å²) in [4.78, 5) is 12.8. The second kappa shape index (κ2) is 7.32. The van der Waals surface area contributed by atoms with Gasteiger partial charge in [0.2, 0.25) is 5.88 Å². The van der Waals surface area contributed by atoms with Crippen LogP contribution in [0.4, 0.5) is 0 Å². The SMILES string of the molecule is CCc1ccc(C(C)NC(=O)c2c(C)oc(-n3cccc3)c2C#N)cc1. The standard InChI is InChI=1S/C21H21N3O2/c1-4-16-7-9-17(10-8-16)14(2)23-20(25)19-15(3)26-21(18(19)13-22)24-11-5-6-12-24/h5-12,14H,4H2,1-3H3,(H,23,25). The Bertz CT molecular complexity index is 945. The van der Waals surface area contributed by atoms with Crippen molar-refractivity contribution in [2.75, 3.05) is 0 Å². The van der Waals surface area contributed by atoms with E-state index in [1.54, 1.807) is 23.9 Å². The maximum Gasteiger partial charge on any atom is 0.256 e. The zero-order valence-corrected chi connectivity index (χ0v) is 15.1. The van der Waals surface area contributed by atoms with Crippen molar-refractivity contribution in [3.63, 3.8) is 0 Å². The second-order valence-electron chi connectivity index (χ2n) is 6.21. The Balaban J connectivity index is 1.87. The summed E-state index contributed by atoms with van der Waals surface area (Å²) < 4.78 is 7.39. The summed E-state index contributed by atoms with van der Waals surface area (Å²) in [5.41, 5.74) is 2.79. The number of amides is 1. The maximum absolute atomic E-state index is 12.8. The van der Waals surface area contributed by atoms with E-state index in [1.807, 2.05) is 31.2 Å². The van der Waals surface area contributed by atoms with Crippen LogP contribution in [0.15, 0.2) is 53.2 Å². The summed E-state index contributed by atoms with van der Waals surface area (Å²) in [5.74, 6) is 0.477. The minimum Gasteiger partial charge on any atom is -0.443 e. The topological polar surface area (TPSA) is 71.0 Å². The van der Waals surface area contributed by atoms with Crippen LogP contribution in [0.3, 0.4) is 0 Å². The van der Waals surface area contributed by atoms with Gasteiger partial charge >= 0.3 is 0 Å². The number of furan rings is 1. The molecule has 0 radical (unpaired) electrons. The first-order valence-electron chi connectivity index (χ1n) is 8.61. The average Bonchev–Trinajstić information content (AvgIpc) is 3.28. The predicted octanol–water partition coefficient (Wildman–Crippen LogP) is 4.30. The molecule has 1 aromatic carbocycles. The number of nitriles is 1. The Hall–Kier alpha value is -3.26. The van der Waals surface area contributed by atoms with Crippen molar-refractivity contribution in [1.29, 1.82) is 5.26 Å². The summed E-state index contributed by atoms with van der Waals surface area (Å²) in [7, 11) is 0. The number of hydrogen-bond acceptors (Lipinski definition) is 3. The largest absolute Gasteiger partial charge is 0.443 e. The molecule has 0 aliphatic carbocycles. The predicted molar refractivity (Wildman–Crippen MR) is 99.2 cm³/mol. The summed E-state index contributed by atoms with van der Waals surface area (Å²) >= 11 is 0. The van der Waals surface area contributed by atoms with Gasteiger partial charge in [-0.15, -0.1) is 0 Å². The normalized spacial score (nSPS) is 11.8. The lowest BCUT2D eigenvalue weighted by Gasteiger charge is -2.14. The minimum absolute atomic E-state index is 0.177. The zero-order valence-electron chi connectivity index (χ0n) is 15.1. The first-order chi connectivity index (χ1) is 12.5. The highest BCUT2D eigenvalue weighted by Gasteiger charge is 2.25. The smallest absolute Gasteiger partial charge is 0.256 e. The fourth-order valence-electron chi connectivity index (χ4n) is 2.95. The Morgan fingerprint density at radius 3 is 2.50 bits per heavy atom. The van der Waals surface area contributed by atoms with Crippen molar-refractivity contribution in [3.05, 3.63) is 76.8 Å². The number of aryl methyl sites for hydroxylation is 2. The van der Waals surface area contributed by atoms with Crippen LogP contribution in [-0.4, -0.2) is 10.5 Å². The molecule has 3 aromatic rings. The van der Waals surface area contributed by atoms with Crippen LogP contribution in [0.25, 0.3) is 5.88 Å². The molecule has 1 atom stereocenters. The summed E-state index contributed by atoms with van der Waals surface area (Å²) in [6.07, 6.45) is 4.53. The van der Waals surface area contributed by atoms with Gasteiger partial charge in [0.25, 0.3) is 5.91 Å². The number of carbonyl (C=O) groups excluding carboxylic acids is 1. The molecule has 0 spiro atoms. The first kappa shape index (κ1) is 17.6. The number of nitrogens with one attached hydrogen (secondary N) is 1. The van der Waals surface area contributed by atoms with E-state index in [2.05, 4.69) is 30.4 Å². The highest BCUT2D eigenvalue weighted by molar-refractivity contribution is 5.98. The monoisotopic (exact) mass is 347 g/mol. The molecule has 1 N–H and O–H groups in total. The van der Waals surface area contributed by atoms with Gasteiger partial charge < -0.3 is 9.73 Å². The third-order valence-electron chi connectivity index (χ3n) is 4.48. The molecule has 2 aromatic heterocycles. The van der Waals surface area contributed by atoms with Crippen LogP contribution >= 0.6 is 0 Å². The van der Waals surface area contributed by atoms with Crippen molar-refractivity contribution in [2.24, 2.45) is 0 Å². The molecule has 2 heterocycles. The molecule has 5 nitrogen and oxygen atoms in total. The number of hydrogen-bond donors (Lipinski definition) is 1. The van der Waals surface area contributed by atoms with Crippen LogP contribution in [0.1, 0.15) is 52.7 Å². The van der Waals surface area contributed by atoms with Crippen LogP contribution in [-0.2, 0) is 6.42 Å². The minimum atomic E-state index is -0.312. The highest BCUT2D eigenvalue weighted by Crippen LogP contribution is 2.26. The van der Waals surface area contributed by atoms with Gasteiger partial charge in [0, 0.05) is 12.4 Å². The van der Waals surface area contributed by atoms with Gasteiger partial charge in [-0.05, 0) is 43.5 Å². The van der Waals surface area contributed by atoms with E-state index in [0.29, 0.717) is 11.6 Å². The Kier molecular flexibility index (Phi) is 4.94. The first-order valence-corrected chi connectivity index (χ1v) is 8.61. The number of nitrogens with zero attached hydrogens (tertiary/aromatic N) is 2. The van der Waals surface area contributed by atoms with E-state index in [0.717, 1.165) is 12.0 Å². The van der Waals surface area contributed by atoms with E-state index in [-0.39, 0.29) is 23.1 Å². The van der Waals surface area contributed by atoms with Gasteiger partial charge in [-0.25, -0.2) is 0 Å². The summed E-state index contributed by atoms with van der Waals surface area (Å²) in [6.45, 7) is 5.73. The lowest BCUT2D eigenvalue weighted by atomic mass is 10.0. The van der Waals surface area contributed by atoms with Crippen molar-refractivity contribution in [2.45, 2.75) is 33.2 Å². The Morgan fingerprint density at radius 2 is 1.92 bits per heavy atom. The average molecular weight is 347 g/mol. The van der Waals surface area contributed by atoms with Gasteiger partial charge in [-0.2, -0.15) is 5.26 Å². The van der Waals surface area contributed by atoms with Crippen molar-refractivity contribution in [1.82, 2.24) is 9.88 Å². The highest BCUT2D eigenvalue weighted by atomic mass is 16.4. The zero-order chi connectivity index (χ0) is 18.7. The van der Waals surface area contributed by atoms with E-state index < -0.39 is 0 Å². The molecule has 1 unspecified atom stereocenters. The second-order valence-corrected chi connectivity index (χ2v) is 6.21. The Morgan fingerprint density at radius 1 is 1.27 bits per heavy atom. The number of benzene rings is 1. The molecule has 0 fully saturated rings. The van der Waals surface area contributed by atoms with Crippen LogP contribution in [0, 0.1) is 18.3 Å². The molecule has 0 aliphatic heterocycles. The molecular formula is C21H21N3O2. The summed E-state index contributed by atoms with van der Waals surface area (Å²) in [6, 6.07) is 13.8. The van der Waals surface area contributed by atoms with Crippen molar-refractivity contribution < 1.29 is 9.21 Å². The quantitative estimate of drug-likeness (QED) is 0.748. The van der Waals surface area contributed by atoms with Crippen LogP contribution in [0.2, 0.25) is 0 Å². The molecule has 0 aliphatic rings. The van der Waals surface area contributed by atoms with Crippen LogP contribution < -0.4 is 5.32 Å². The third kappa shape index (κ3) is 3.27. The van der Waals surface area contributed by atoms with Crippen molar-refractivity contribution >= 4 is 5.91 Å². The molecule has 5 heteroatoms. The molecule has 1 amide bonds. The third-order valence-corrected chi connectivity index (χ3v) is 4.48. The lowest BCUT2D eigenvalue weighted by Crippen LogP contribution is -2.27.